The number of benzene rings is 2. The van der Waals surface area contributed by atoms with E-state index in [-0.39, 0.29) is 29.8 Å². The monoisotopic (exact) mass is 430 g/mol. The van der Waals surface area contributed by atoms with Crippen LogP contribution >= 0.6 is 23.2 Å². The fourth-order valence-electron chi connectivity index (χ4n) is 4.46. The van der Waals surface area contributed by atoms with Crippen LogP contribution in [0.5, 0.6) is 0 Å². The molecule has 1 fully saturated rings. The molecule has 1 heterocycles. The molecule has 4 atom stereocenters. The first-order valence-electron chi connectivity index (χ1n) is 10.1. The molecule has 1 aliphatic rings. The number of nitrogens with zero attached hydrogens (tertiary/aromatic N) is 1. The van der Waals surface area contributed by atoms with Crippen LogP contribution in [0.15, 0.2) is 61.2 Å². The SMILES string of the molecule is C=CCC1CC(c2cccc(Cl)c2)C(c2ccc(Cl)cc2)N(C(C)CCN)C1=O. The van der Waals surface area contributed by atoms with Gasteiger partial charge >= 0.3 is 0 Å². The van der Waals surface area contributed by atoms with E-state index in [4.69, 9.17) is 28.9 Å². The molecular formula is C24H28Cl2N2O. The van der Waals surface area contributed by atoms with Crippen molar-refractivity contribution < 1.29 is 4.79 Å². The van der Waals surface area contributed by atoms with Gasteiger partial charge < -0.3 is 10.6 Å². The largest absolute Gasteiger partial charge is 0.332 e. The van der Waals surface area contributed by atoms with Crippen molar-refractivity contribution >= 4 is 29.1 Å². The van der Waals surface area contributed by atoms with Crippen LogP contribution in [0, 0.1) is 5.92 Å². The number of piperidine rings is 1. The molecule has 0 bridgehead atoms. The predicted molar refractivity (Wildman–Crippen MR) is 121 cm³/mol. The summed E-state index contributed by atoms with van der Waals surface area (Å²) in [6.45, 7) is 6.48. The number of carbonyl (C=O) groups is 1. The van der Waals surface area contributed by atoms with E-state index in [1.165, 1.54) is 0 Å². The first-order chi connectivity index (χ1) is 14.0. The van der Waals surface area contributed by atoms with E-state index in [1.54, 1.807) is 0 Å². The number of carbonyl (C=O) groups excluding carboxylic acids is 1. The molecular weight excluding hydrogens is 403 g/mol. The van der Waals surface area contributed by atoms with Crippen molar-refractivity contribution in [2.45, 2.75) is 44.2 Å². The smallest absolute Gasteiger partial charge is 0.226 e. The Morgan fingerprint density at radius 3 is 2.52 bits per heavy atom. The van der Waals surface area contributed by atoms with Gasteiger partial charge in [-0.25, -0.2) is 0 Å². The summed E-state index contributed by atoms with van der Waals surface area (Å²) < 4.78 is 0. The minimum absolute atomic E-state index is 0.0301. The Morgan fingerprint density at radius 2 is 1.90 bits per heavy atom. The Balaban J connectivity index is 2.13. The van der Waals surface area contributed by atoms with Crippen molar-refractivity contribution in [1.29, 1.82) is 0 Å². The van der Waals surface area contributed by atoms with Gasteiger partial charge in [-0.2, -0.15) is 0 Å². The number of hydrogen-bond acceptors (Lipinski definition) is 2. The van der Waals surface area contributed by atoms with Crippen molar-refractivity contribution in [1.82, 2.24) is 4.90 Å². The third-order valence-electron chi connectivity index (χ3n) is 5.82. The molecule has 2 aromatic rings. The van der Waals surface area contributed by atoms with E-state index in [9.17, 15) is 4.79 Å². The number of halogens is 2. The van der Waals surface area contributed by atoms with Crippen LogP contribution in [0.4, 0.5) is 0 Å². The van der Waals surface area contributed by atoms with E-state index in [2.05, 4.69) is 19.6 Å². The van der Waals surface area contributed by atoms with Gasteiger partial charge in [-0.05, 0) is 68.1 Å². The predicted octanol–water partition coefficient (Wildman–Crippen LogP) is 5.98. The van der Waals surface area contributed by atoms with Gasteiger partial charge in [0.25, 0.3) is 0 Å². The number of nitrogens with two attached hydrogens (primary N) is 1. The number of rotatable bonds is 7. The molecule has 29 heavy (non-hydrogen) atoms. The van der Waals surface area contributed by atoms with E-state index in [1.807, 2.05) is 53.4 Å². The van der Waals surface area contributed by atoms with Gasteiger partial charge in [-0.1, -0.05) is 53.5 Å². The third-order valence-corrected chi connectivity index (χ3v) is 6.31. The summed E-state index contributed by atoms with van der Waals surface area (Å²) in [5, 5.41) is 1.39. The van der Waals surface area contributed by atoms with Gasteiger partial charge in [0, 0.05) is 27.9 Å². The van der Waals surface area contributed by atoms with E-state index >= 15 is 0 Å². The maximum absolute atomic E-state index is 13.5. The fourth-order valence-corrected chi connectivity index (χ4v) is 4.78. The molecule has 1 aliphatic heterocycles. The molecule has 4 unspecified atom stereocenters. The molecule has 3 rings (SSSR count). The van der Waals surface area contributed by atoms with E-state index < -0.39 is 0 Å². The van der Waals surface area contributed by atoms with Crippen LogP contribution in [0.25, 0.3) is 0 Å². The lowest BCUT2D eigenvalue weighted by Gasteiger charge is -2.48. The number of likely N-dealkylation sites (tertiary alicyclic amines) is 1. The van der Waals surface area contributed by atoms with Crippen molar-refractivity contribution in [3.63, 3.8) is 0 Å². The number of hydrogen-bond donors (Lipinski definition) is 1. The highest BCUT2D eigenvalue weighted by Crippen LogP contribution is 2.47. The topological polar surface area (TPSA) is 46.3 Å². The second kappa shape index (κ2) is 9.80. The first-order valence-corrected chi connectivity index (χ1v) is 10.9. The molecule has 1 amide bonds. The summed E-state index contributed by atoms with van der Waals surface area (Å²) >= 11 is 12.5. The van der Waals surface area contributed by atoms with Gasteiger partial charge in [-0.3, -0.25) is 4.79 Å². The van der Waals surface area contributed by atoms with Crippen LogP contribution in [0.1, 0.15) is 49.3 Å². The van der Waals surface area contributed by atoms with Gasteiger partial charge in [-0.15, -0.1) is 6.58 Å². The quantitative estimate of drug-likeness (QED) is 0.548. The standard InChI is InChI=1S/C24H28Cl2N2O/c1-3-5-19-15-22(18-6-4-7-21(26)14-18)23(17-8-10-20(25)11-9-17)28(24(19)29)16(2)12-13-27/h3-4,6-11,14,16,19,22-23H,1,5,12-13,15,27H2,2H3. The summed E-state index contributed by atoms with van der Waals surface area (Å²) in [5.74, 6) is 0.196. The van der Waals surface area contributed by atoms with Crippen LogP contribution in [0.2, 0.25) is 10.0 Å². The van der Waals surface area contributed by atoms with Gasteiger partial charge in [0.2, 0.25) is 5.91 Å². The Morgan fingerprint density at radius 1 is 1.17 bits per heavy atom. The molecule has 5 heteroatoms. The second-order valence-corrected chi connectivity index (χ2v) is 8.66. The lowest BCUT2D eigenvalue weighted by atomic mass is 9.74. The lowest BCUT2D eigenvalue weighted by Crippen LogP contribution is -2.51. The number of allylic oxidation sites excluding steroid dienone is 1. The Bertz CT molecular complexity index is 852. The highest BCUT2D eigenvalue weighted by Gasteiger charge is 2.44. The maximum atomic E-state index is 13.5. The van der Waals surface area contributed by atoms with E-state index in [0.717, 1.165) is 24.0 Å². The van der Waals surface area contributed by atoms with Crippen LogP contribution < -0.4 is 5.73 Å². The Kier molecular flexibility index (Phi) is 7.39. The molecule has 2 aromatic carbocycles. The fraction of sp³-hybridized carbons (Fsp3) is 0.375. The lowest BCUT2D eigenvalue weighted by molar-refractivity contribution is -0.146. The highest BCUT2D eigenvalue weighted by molar-refractivity contribution is 6.30. The molecule has 2 N–H and O–H groups in total. The zero-order chi connectivity index (χ0) is 21.0. The molecule has 0 saturated carbocycles. The van der Waals surface area contributed by atoms with Gasteiger partial charge in [0.15, 0.2) is 0 Å². The van der Waals surface area contributed by atoms with Gasteiger partial charge in [0.05, 0.1) is 6.04 Å². The third kappa shape index (κ3) is 4.85. The summed E-state index contributed by atoms with van der Waals surface area (Å²) in [7, 11) is 0. The normalized spacial score (nSPS) is 23.1. The number of amides is 1. The molecule has 1 saturated heterocycles. The molecule has 0 radical (unpaired) electrons. The zero-order valence-electron chi connectivity index (χ0n) is 16.7. The molecule has 3 nitrogen and oxygen atoms in total. The van der Waals surface area contributed by atoms with Crippen molar-refractivity contribution in [3.05, 3.63) is 82.4 Å². The zero-order valence-corrected chi connectivity index (χ0v) is 18.2. The average molecular weight is 431 g/mol. The molecule has 0 aliphatic carbocycles. The van der Waals surface area contributed by atoms with Crippen molar-refractivity contribution in [3.8, 4) is 0 Å². The first kappa shape index (κ1) is 21.9. The summed E-state index contributed by atoms with van der Waals surface area (Å²) in [5.41, 5.74) is 8.08. The summed E-state index contributed by atoms with van der Waals surface area (Å²) in [6.07, 6.45) is 4.00. The van der Waals surface area contributed by atoms with Crippen LogP contribution in [-0.2, 0) is 4.79 Å². The Labute approximate surface area is 183 Å². The molecule has 0 spiro atoms. The average Bonchev–Trinajstić information content (AvgIpc) is 2.70. The van der Waals surface area contributed by atoms with Crippen molar-refractivity contribution in [2.75, 3.05) is 6.54 Å². The second-order valence-electron chi connectivity index (χ2n) is 7.79. The van der Waals surface area contributed by atoms with E-state index in [0.29, 0.717) is 23.0 Å². The minimum atomic E-state index is -0.0970. The maximum Gasteiger partial charge on any atom is 0.226 e. The van der Waals surface area contributed by atoms with Crippen LogP contribution in [-0.4, -0.2) is 23.4 Å². The molecule has 0 aromatic heterocycles. The summed E-state index contributed by atoms with van der Waals surface area (Å²) in [6, 6.07) is 15.7. The van der Waals surface area contributed by atoms with Gasteiger partial charge in [0.1, 0.15) is 0 Å². The minimum Gasteiger partial charge on any atom is -0.332 e. The molecule has 154 valence electrons. The van der Waals surface area contributed by atoms with Crippen LogP contribution in [0.3, 0.4) is 0 Å². The summed E-state index contributed by atoms with van der Waals surface area (Å²) in [4.78, 5) is 15.6. The van der Waals surface area contributed by atoms with Crippen molar-refractivity contribution in [2.24, 2.45) is 11.7 Å². The Hall–Kier alpha value is -1.81. The highest BCUT2D eigenvalue weighted by atomic mass is 35.5.